The molecule has 2 heterocycles. The number of hydrogen-bond donors (Lipinski definition) is 2. The normalized spacial score (nSPS) is 11.1. The number of benzene rings is 2. The summed E-state index contributed by atoms with van der Waals surface area (Å²) in [5, 5.41) is 3.47. The van der Waals surface area contributed by atoms with Gasteiger partial charge in [-0.2, -0.15) is 4.99 Å². The van der Waals surface area contributed by atoms with Crippen molar-refractivity contribution >= 4 is 40.0 Å². The summed E-state index contributed by atoms with van der Waals surface area (Å²) in [5.41, 5.74) is 11.7. The topological polar surface area (TPSA) is 101 Å². The van der Waals surface area contributed by atoms with Gasteiger partial charge >= 0.3 is 0 Å². The molecule has 2 aromatic carbocycles. The number of nitrogens with two attached hydrogens (primary N) is 1. The number of rotatable bonds is 18. The quantitative estimate of drug-likeness (QED) is 0.0482. The molecule has 0 atom stereocenters. The minimum absolute atomic E-state index is 0.160. The van der Waals surface area contributed by atoms with Crippen LogP contribution in [0.2, 0.25) is 0 Å². The molecule has 0 saturated carbocycles. The molecule has 3 N–H and O–H groups in total. The molecule has 4 rings (SSSR count). The number of carbonyl (C=O) groups excluding carboxylic acids is 1. The molecule has 256 valence electrons. The summed E-state index contributed by atoms with van der Waals surface area (Å²) in [4.78, 5) is 28.0. The fourth-order valence-electron chi connectivity index (χ4n) is 5.20. The maximum atomic E-state index is 12.2. The van der Waals surface area contributed by atoms with Gasteiger partial charge in [0.15, 0.2) is 0 Å². The van der Waals surface area contributed by atoms with Crippen LogP contribution in [0.5, 0.6) is 0 Å². The van der Waals surface area contributed by atoms with E-state index in [0.717, 1.165) is 84.0 Å². The third-order valence-corrected chi connectivity index (χ3v) is 8.16. The number of carbonyl (C=O) groups is 1. The number of aliphatic imine (C=N–C) groups is 1. The Labute approximate surface area is 287 Å². The maximum absolute atomic E-state index is 12.2. The summed E-state index contributed by atoms with van der Waals surface area (Å²) >= 11 is 0. The Kier molecular flexibility index (Phi) is 16.1. The van der Waals surface area contributed by atoms with Crippen LogP contribution < -0.4 is 16.0 Å². The number of pyridine rings is 1. The van der Waals surface area contributed by atoms with Gasteiger partial charge in [-0.15, -0.1) is 6.58 Å². The van der Waals surface area contributed by atoms with E-state index in [1.807, 2.05) is 48.5 Å². The van der Waals surface area contributed by atoms with Crippen molar-refractivity contribution in [3.05, 3.63) is 103 Å². The average molecular weight is 650 g/mol. The number of amides is 1. The summed E-state index contributed by atoms with van der Waals surface area (Å²) in [7, 11) is 0. The number of unbranched alkanes of at least 4 members (excludes halogenated alkanes) is 5. The number of aromatic nitrogens is 3. The maximum Gasteiger partial charge on any atom is 0.247 e. The number of nitrogens with one attached hydrogen (secondary N) is 1. The minimum Gasteiger partial charge on any atom is -0.383 e. The number of amidine groups is 1. The van der Waals surface area contributed by atoms with Crippen LogP contribution in [0.1, 0.15) is 102 Å². The van der Waals surface area contributed by atoms with Gasteiger partial charge in [0.05, 0.1) is 17.6 Å². The van der Waals surface area contributed by atoms with E-state index in [4.69, 9.17) is 10.7 Å². The van der Waals surface area contributed by atoms with Crippen molar-refractivity contribution in [2.45, 2.75) is 98.6 Å². The minimum atomic E-state index is -0.160. The summed E-state index contributed by atoms with van der Waals surface area (Å²) in [6.07, 6.45) is 13.1. The summed E-state index contributed by atoms with van der Waals surface area (Å²) in [6, 6.07) is 19.9. The molecule has 4 aromatic rings. The zero-order valence-electron chi connectivity index (χ0n) is 29.5. The van der Waals surface area contributed by atoms with Crippen LogP contribution in [-0.4, -0.2) is 32.8 Å². The van der Waals surface area contributed by atoms with Crippen molar-refractivity contribution in [1.29, 1.82) is 0 Å². The Morgan fingerprint density at radius 2 is 1.69 bits per heavy atom. The first-order valence-electron chi connectivity index (χ1n) is 17.6. The standard InChI is InChI=1S/C36H45N7O.C4H10/c1-5-8-10-11-12-16-35(44)41-36(37)28-17-20-30(21-18-28)39-26-34-40-31-25-29(19-22-32(31)42(34)7-3)27(4)43(24-9-6-2)33-15-13-14-23-38-33;1-3-4-2/h6,13-15,17-23,25,39H,2,4-5,7-12,16,24,26H2,1,3H3,(H2,37,41,44);3-4H2,1-2H3. The number of hydrogen-bond acceptors (Lipinski definition) is 5. The van der Waals surface area contributed by atoms with Crippen LogP contribution in [0.4, 0.5) is 11.5 Å². The van der Waals surface area contributed by atoms with E-state index < -0.39 is 0 Å². The van der Waals surface area contributed by atoms with Gasteiger partial charge in [-0.1, -0.05) is 84.1 Å². The zero-order chi connectivity index (χ0) is 34.7. The second kappa shape index (κ2) is 20.5. The highest BCUT2D eigenvalue weighted by Crippen LogP contribution is 2.27. The molecule has 8 nitrogen and oxygen atoms in total. The number of fused-ring (bicyclic) bond motifs is 1. The molecule has 0 saturated heterocycles. The molecule has 0 aliphatic rings. The van der Waals surface area contributed by atoms with Crippen LogP contribution in [0.25, 0.3) is 16.7 Å². The molecule has 48 heavy (non-hydrogen) atoms. The summed E-state index contributed by atoms with van der Waals surface area (Å²) in [6.45, 7) is 19.0. The van der Waals surface area contributed by atoms with Gasteiger partial charge in [-0.25, -0.2) is 9.97 Å². The van der Waals surface area contributed by atoms with Crippen LogP contribution in [0.3, 0.4) is 0 Å². The molecular weight excluding hydrogens is 594 g/mol. The third-order valence-electron chi connectivity index (χ3n) is 8.16. The van der Waals surface area contributed by atoms with Crippen molar-refractivity contribution in [3.63, 3.8) is 0 Å². The van der Waals surface area contributed by atoms with E-state index in [0.29, 0.717) is 13.0 Å². The van der Waals surface area contributed by atoms with Crippen LogP contribution >= 0.6 is 0 Å². The van der Waals surface area contributed by atoms with E-state index >= 15 is 0 Å². The van der Waals surface area contributed by atoms with E-state index in [-0.39, 0.29) is 11.7 Å². The van der Waals surface area contributed by atoms with Gasteiger partial charge in [0.1, 0.15) is 17.5 Å². The highest BCUT2D eigenvalue weighted by Gasteiger charge is 2.16. The monoisotopic (exact) mass is 649 g/mol. The zero-order valence-corrected chi connectivity index (χ0v) is 29.5. The van der Waals surface area contributed by atoms with Crippen LogP contribution in [0, 0.1) is 0 Å². The molecule has 0 bridgehead atoms. The molecule has 8 heteroatoms. The second-order valence-corrected chi connectivity index (χ2v) is 11.8. The lowest BCUT2D eigenvalue weighted by Crippen LogP contribution is -2.22. The first-order valence-corrected chi connectivity index (χ1v) is 17.6. The Balaban J connectivity index is 0.00000148. The van der Waals surface area contributed by atoms with E-state index in [1.54, 1.807) is 6.20 Å². The van der Waals surface area contributed by atoms with E-state index in [2.05, 4.69) is 83.8 Å². The number of aryl methyl sites for hydroxylation is 1. The Bertz CT molecular complexity index is 1600. The molecule has 0 aliphatic carbocycles. The van der Waals surface area contributed by atoms with Gasteiger partial charge in [-0.3, -0.25) is 4.79 Å². The number of nitrogens with zero attached hydrogens (tertiary/aromatic N) is 5. The van der Waals surface area contributed by atoms with Gasteiger partial charge in [0.25, 0.3) is 0 Å². The predicted molar refractivity (Wildman–Crippen MR) is 204 cm³/mol. The third kappa shape index (κ3) is 11.2. The molecule has 0 unspecified atom stereocenters. The van der Waals surface area contributed by atoms with Gasteiger partial charge in [-0.05, 0) is 73.9 Å². The highest BCUT2D eigenvalue weighted by atomic mass is 16.1. The summed E-state index contributed by atoms with van der Waals surface area (Å²) < 4.78 is 2.22. The molecule has 0 radical (unpaired) electrons. The summed E-state index contributed by atoms with van der Waals surface area (Å²) in [5.74, 6) is 1.89. The lowest BCUT2D eigenvalue weighted by molar-refractivity contribution is -0.117. The fourth-order valence-corrected chi connectivity index (χ4v) is 5.20. The number of imidazole rings is 1. The Morgan fingerprint density at radius 1 is 0.958 bits per heavy atom. The first kappa shape index (κ1) is 37.7. The van der Waals surface area contributed by atoms with Crippen molar-refractivity contribution in [2.24, 2.45) is 10.7 Å². The lowest BCUT2D eigenvalue weighted by Gasteiger charge is -2.25. The van der Waals surface area contributed by atoms with Gasteiger partial charge in [0.2, 0.25) is 5.91 Å². The first-order chi connectivity index (χ1) is 23.4. The van der Waals surface area contributed by atoms with Crippen LogP contribution in [-0.2, 0) is 17.9 Å². The smallest absolute Gasteiger partial charge is 0.247 e. The highest BCUT2D eigenvalue weighted by molar-refractivity contribution is 6.04. The van der Waals surface area contributed by atoms with E-state index in [1.165, 1.54) is 25.7 Å². The molecular formula is C40H55N7O. The molecule has 2 aromatic heterocycles. The average Bonchev–Trinajstić information content (AvgIpc) is 3.48. The molecule has 0 spiro atoms. The van der Waals surface area contributed by atoms with Crippen molar-refractivity contribution in [3.8, 4) is 0 Å². The molecule has 1 amide bonds. The largest absolute Gasteiger partial charge is 0.383 e. The number of anilines is 2. The SMILES string of the molecule is C=CCCN(C(=C)c1ccc2c(c1)nc(CNc1ccc(C(N)=NC(=O)CCCCCCC)cc1)n2CC)c1ccccn1.CCCC. The second-order valence-electron chi connectivity index (χ2n) is 11.8. The fraction of sp³-hybridized carbons (Fsp3) is 0.400. The van der Waals surface area contributed by atoms with Crippen molar-refractivity contribution < 1.29 is 4.79 Å². The van der Waals surface area contributed by atoms with E-state index in [9.17, 15) is 4.79 Å². The van der Waals surface area contributed by atoms with Crippen molar-refractivity contribution in [1.82, 2.24) is 14.5 Å². The van der Waals surface area contributed by atoms with Gasteiger partial charge < -0.3 is 20.5 Å². The van der Waals surface area contributed by atoms with Gasteiger partial charge in [0, 0.05) is 42.7 Å². The molecule has 0 aliphatic heterocycles. The van der Waals surface area contributed by atoms with Crippen molar-refractivity contribution in [2.75, 3.05) is 16.8 Å². The molecule has 0 fully saturated rings. The Hall–Kier alpha value is -4.72. The van der Waals surface area contributed by atoms with Crippen LogP contribution in [0.15, 0.2) is 91.1 Å². The Morgan fingerprint density at radius 3 is 2.33 bits per heavy atom. The predicted octanol–water partition coefficient (Wildman–Crippen LogP) is 9.52. The lowest BCUT2D eigenvalue weighted by atomic mass is 10.1.